The number of sulfonamides is 1. The molecular weight excluding hydrogens is 431 g/mol. The Kier molecular flexibility index (Phi) is 5.86. The van der Waals surface area contributed by atoms with Gasteiger partial charge < -0.3 is 20.3 Å². The smallest absolute Gasteiger partial charge is 0.423 e. The molecule has 5 N–H and O–H groups in total. The zero-order valence-electron chi connectivity index (χ0n) is 17.6. The van der Waals surface area contributed by atoms with Crippen LogP contribution in [0.4, 0.5) is 17.6 Å². The first kappa shape index (κ1) is 22.2. The summed E-state index contributed by atoms with van der Waals surface area (Å²) in [6, 6.07) is 11.8. The first-order valence-electron chi connectivity index (χ1n) is 9.99. The molecule has 166 valence electrons. The number of anilines is 3. The first-order chi connectivity index (χ1) is 15.1. The van der Waals surface area contributed by atoms with Gasteiger partial charge in [0, 0.05) is 18.3 Å². The zero-order valence-corrected chi connectivity index (χ0v) is 18.4. The third-order valence-electron chi connectivity index (χ3n) is 5.27. The molecule has 12 heteroatoms. The van der Waals surface area contributed by atoms with Crippen LogP contribution < -0.4 is 20.8 Å². The Labute approximate surface area is 186 Å². The summed E-state index contributed by atoms with van der Waals surface area (Å²) in [6.45, 7) is 4.08. The molecule has 1 aromatic heterocycles. The minimum Gasteiger partial charge on any atom is -0.423 e. The van der Waals surface area contributed by atoms with Crippen LogP contribution in [0, 0.1) is 6.92 Å². The third-order valence-corrected chi connectivity index (χ3v) is 6.26. The molecule has 0 spiro atoms. The number of fused-ring (bicyclic) bond motifs is 1. The normalized spacial score (nSPS) is 15.5. The van der Waals surface area contributed by atoms with Crippen LogP contribution in [0.5, 0.6) is 0 Å². The minimum absolute atomic E-state index is 0.0785. The molecule has 1 aliphatic rings. The second kappa shape index (κ2) is 8.47. The van der Waals surface area contributed by atoms with Gasteiger partial charge in [0.2, 0.25) is 21.9 Å². The van der Waals surface area contributed by atoms with Crippen molar-refractivity contribution < 1.29 is 18.5 Å². The summed E-state index contributed by atoms with van der Waals surface area (Å²) >= 11 is 0. The molecule has 0 saturated carbocycles. The van der Waals surface area contributed by atoms with Crippen molar-refractivity contribution in [3.05, 3.63) is 59.4 Å². The molecule has 4 rings (SSSR count). The molecule has 0 bridgehead atoms. The van der Waals surface area contributed by atoms with E-state index in [1.165, 1.54) is 6.07 Å². The fourth-order valence-electron chi connectivity index (χ4n) is 3.88. The lowest BCUT2D eigenvalue weighted by Gasteiger charge is -2.23. The van der Waals surface area contributed by atoms with E-state index in [1.807, 2.05) is 24.0 Å². The Morgan fingerprint density at radius 1 is 1.19 bits per heavy atom. The highest BCUT2D eigenvalue weighted by Crippen LogP contribution is 2.39. The van der Waals surface area contributed by atoms with Crippen LogP contribution in [0.25, 0.3) is 0 Å². The van der Waals surface area contributed by atoms with Gasteiger partial charge in [0.05, 0.1) is 4.90 Å². The molecule has 0 aliphatic carbocycles. The van der Waals surface area contributed by atoms with Crippen LogP contribution in [0.15, 0.2) is 47.4 Å². The predicted molar refractivity (Wildman–Crippen MR) is 121 cm³/mol. The summed E-state index contributed by atoms with van der Waals surface area (Å²) < 4.78 is 24.0. The van der Waals surface area contributed by atoms with Gasteiger partial charge in [-0.3, -0.25) is 0 Å². The molecule has 1 atom stereocenters. The topological polar surface area (TPSA) is 155 Å². The number of hydrogen-bond donors (Lipinski definition) is 4. The van der Waals surface area contributed by atoms with Gasteiger partial charge in [-0.15, -0.1) is 0 Å². The molecule has 0 radical (unpaired) electrons. The van der Waals surface area contributed by atoms with Crippen molar-refractivity contribution >= 4 is 40.2 Å². The maximum atomic E-state index is 12.0. The summed E-state index contributed by atoms with van der Waals surface area (Å²) in [6.07, 6.45) is 0.492. The van der Waals surface area contributed by atoms with Crippen LogP contribution in [-0.4, -0.2) is 46.6 Å². The van der Waals surface area contributed by atoms with E-state index in [1.54, 1.807) is 31.2 Å². The molecule has 10 nitrogen and oxygen atoms in total. The Morgan fingerprint density at radius 2 is 1.94 bits per heavy atom. The maximum Gasteiger partial charge on any atom is 0.488 e. The van der Waals surface area contributed by atoms with Crippen LogP contribution >= 0.6 is 0 Å². The predicted octanol–water partition coefficient (Wildman–Crippen LogP) is 0.202. The van der Waals surface area contributed by atoms with Gasteiger partial charge in [-0.25, -0.2) is 13.6 Å². The van der Waals surface area contributed by atoms with Crippen LogP contribution in [-0.2, 0) is 23.0 Å². The summed E-state index contributed by atoms with van der Waals surface area (Å²) in [5.74, 6) is 1.25. The lowest BCUT2D eigenvalue weighted by Crippen LogP contribution is -2.30. The number of nitrogens with zero attached hydrogens (tertiary/aromatic N) is 4. The number of primary sulfonamides is 1. The SMILES string of the molecule is Cc1nc(NCc2cccc(B(O)O)c2)nc(N2c3cccc(S(N)(=O)=O)c3CC2C)n1. The number of benzene rings is 2. The van der Waals surface area contributed by atoms with Crippen molar-refractivity contribution in [1.82, 2.24) is 15.0 Å². The van der Waals surface area contributed by atoms with E-state index in [0.29, 0.717) is 47.4 Å². The van der Waals surface area contributed by atoms with Crippen LogP contribution in [0.2, 0.25) is 0 Å². The molecule has 2 heterocycles. The van der Waals surface area contributed by atoms with E-state index in [9.17, 15) is 18.5 Å². The standard InChI is InChI=1S/C20H23BN6O4S/c1-12-9-16-17(7-4-8-18(16)32(22,30)31)27(12)20-25-13(2)24-19(26-20)23-11-14-5-3-6-15(10-14)21(28)29/h3-8,10,12,28-29H,9,11H2,1-2H3,(H2,22,30,31)(H,23,24,25,26). The molecule has 1 unspecified atom stereocenters. The van der Waals surface area contributed by atoms with Crippen molar-refractivity contribution in [1.29, 1.82) is 0 Å². The van der Waals surface area contributed by atoms with Gasteiger partial charge in [-0.05, 0) is 49.0 Å². The third kappa shape index (κ3) is 4.44. The largest absolute Gasteiger partial charge is 0.488 e. The number of nitrogens with one attached hydrogen (secondary N) is 1. The van der Waals surface area contributed by atoms with Gasteiger partial charge in [0.25, 0.3) is 0 Å². The minimum atomic E-state index is -3.85. The maximum absolute atomic E-state index is 12.0. The summed E-state index contributed by atoms with van der Waals surface area (Å²) in [5, 5.41) is 27.2. The van der Waals surface area contributed by atoms with Crippen molar-refractivity contribution in [3.63, 3.8) is 0 Å². The molecule has 3 aromatic rings. The highest BCUT2D eigenvalue weighted by molar-refractivity contribution is 7.89. The second-order valence-electron chi connectivity index (χ2n) is 7.70. The fraction of sp³-hybridized carbons (Fsp3) is 0.250. The van der Waals surface area contributed by atoms with E-state index in [2.05, 4.69) is 20.3 Å². The molecule has 0 saturated heterocycles. The van der Waals surface area contributed by atoms with Crippen molar-refractivity contribution in [2.24, 2.45) is 5.14 Å². The van der Waals surface area contributed by atoms with Gasteiger partial charge in [-0.2, -0.15) is 15.0 Å². The average molecular weight is 454 g/mol. The van der Waals surface area contributed by atoms with Crippen molar-refractivity contribution in [2.45, 2.75) is 37.8 Å². The first-order valence-corrected chi connectivity index (χ1v) is 11.5. The zero-order chi connectivity index (χ0) is 23.0. The van der Waals surface area contributed by atoms with E-state index < -0.39 is 17.1 Å². The van der Waals surface area contributed by atoms with Gasteiger partial charge in [0.15, 0.2) is 0 Å². The quantitative estimate of drug-likeness (QED) is 0.383. The molecule has 2 aromatic carbocycles. The molecule has 1 aliphatic heterocycles. The molecule has 0 fully saturated rings. The van der Waals surface area contributed by atoms with Crippen LogP contribution in [0.3, 0.4) is 0 Å². The average Bonchev–Trinajstić information content (AvgIpc) is 3.07. The Balaban J connectivity index is 1.64. The molecule has 0 amide bonds. The van der Waals surface area contributed by atoms with Gasteiger partial charge in [-0.1, -0.05) is 30.3 Å². The van der Waals surface area contributed by atoms with E-state index >= 15 is 0 Å². The summed E-state index contributed by atoms with van der Waals surface area (Å²) in [7, 11) is -5.39. The summed E-state index contributed by atoms with van der Waals surface area (Å²) in [4.78, 5) is 15.3. The van der Waals surface area contributed by atoms with Gasteiger partial charge in [0.1, 0.15) is 5.82 Å². The number of hydrogen-bond acceptors (Lipinski definition) is 9. The Morgan fingerprint density at radius 3 is 2.66 bits per heavy atom. The van der Waals surface area contributed by atoms with Gasteiger partial charge >= 0.3 is 7.12 Å². The highest BCUT2D eigenvalue weighted by atomic mass is 32.2. The van der Waals surface area contributed by atoms with E-state index in [-0.39, 0.29) is 10.9 Å². The highest BCUT2D eigenvalue weighted by Gasteiger charge is 2.33. The number of nitrogens with two attached hydrogens (primary N) is 1. The Bertz CT molecular complexity index is 1270. The second-order valence-corrected chi connectivity index (χ2v) is 9.23. The number of rotatable bonds is 6. The lowest BCUT2D eigenvalue weighted by molar-refractivity contribution is 0.425. The number of aromatic nitrogens is 3. The van der Waals surface area contributed by atoms with E-state index in [0.717, 1.165) is 5.56 Å². The Hall–Kier alpha value is -3.06. The van der Waals surface area contributed by atoms with Crippen molar-refractivity contribution in [2.75, 3.05) is 10.2 Å². The molecular formula is C20H23BN6O4S. The number of aryl methyl sites for hydroxylation is 1. The molecule has 32 heavy (non-hydrogen) atoms. The monoisotopic (exact) mass is 454 g/mol. The summed E-state index contributed by atoms with van der Waals surface area (Å²) in [5.41, 5.74) is 2.57. The lowest BCUT2D eigenvalue weighted by atomic mass is 9.80. The van der Waals surface area contributed by atoms with Crippen LogP contribution in [0.1, 0.15) is 23.9 Å². The van der Waals surface area contributed by atoms with E-state index in [4.69, 9.17) is 5.14 Å². The fourth-order valence-corrected chi connectivity index (χ4v) is 4.68. The van der Waals surface area contributed by atoms with Crippen molar-refractivity contribution in [3.8, 4) is 0 Å².